The first-order valence-corrected chi connectivity index (χ1v) is 11.4. The second-order valence-corrected chi connectivity index (χ2v) is 10.4. The van der Waals surface area contributed by atoms with E-state index in [2.05, 4.69) is 37.8 Å². The first-order chi connectivity index (χ1) is 14.7. The average Bonchev–Trinajstić information content (AvgIpc) is 3.28. The highest BCUT2D eigenvalue weighted by Gasteiger charge is 2.48. The number of piperidine rings is 1. The summed E-state index contributed by atoms with van der Waals surface area (Å²) in [5.41, 5.74) is 7.44. The first-order valence-electron chi connectivity index (χ1n) is 11.0. The van der Waals surface area contributed by atoms with Gasteiger partial charge < -0.3 is 19.6 Å². The van der Waals surface area contributed by atoms with E-state index in [0.29, 0.717) is 24.2 Å². The molecular formula is C25H29ClN2O3. The Bertz CT molecular complexity index is 1080. The molecule has 3 heterocycles. The summed E-state index contributed by atoms with van der Waals surface area (Å²) in [7, 11) is 1.65. The van der Waals surface area contributed by atoms with Crippen LogP contribution in [0.4, 0.5) is 10.5 Å². The molecule has 5 rings (SSSR count). The molecule has 5 nitrogen and oxygen atoms in total. The molecule has 1 N–H and O–H groups in total. The number of hydrogen-bond acceptors (Lipinski definition) is 3. The molecule has 0 bridgehead atoms. The number of hydrogen-bond donors (Lipinski definition) is 1. The Morgan fingerprint density at radius 2 is 1.97 bits per heavy atom. The third kappa shape index (κ3) is 3.08. The SMILES string of the molecule is COc1ccc(-c2cc3c4c(c2C(C)(C)C)[C@@H]2CN(C(=O)O)CC[C@@H]2N4CC3)c(Cl)c1. The first kappa shape index (κ1) is 20.5. The largest absolute Gasteiger partial charge is 0.497 e. The number of benzene rings is 2. The van der Waals surface area contributed by atoms with Crippen LogP contribution in [0.15, 0.2) is 24.3 Å². The minimum atomic E-state index is -0.817. The van der Waals surface area contributed by atoms with E-state index in [1.165, 1.54) is 27.9 Å². The van der Waals surface area contributed by atoms with Crippen LogP contribution in [0, 0.1) is 0 Å². The fourth-order valence-corrected chi connectivity index (χ4v) is 6.23. The van der Waals surface area contributed by atoms with E-state index in [-0.39, 0.29) is 11.3 Å². The van der Waals surface area contributed by atoms with Crippen molar-refractivity contribution in [1.29, 1.82) is 0 Å². The molecule has 0 aliphatic carbocycles. The molecule has 2 aromatic rings. The molecule has 0 saturated carbocycles. The van der Waals surface area contributed by atoms with Gasteiger partial charge in [0.25, 0.3) is 0 Å². The van der Waals surface area contributed by atoms with E-state index in [9.17, 15) is 9.90 Å². The fourth-order valence-electron chi connectivity index (χ4n) is 5.96. The minimum Gasteiger partial charge on any atom is -0.497 e. The molecule has 0 aromatic heterocycles. The molecule has 1 fully saturated rings. The summed E-state index contributed by atoms with van der Waals surface area (Å²) in [6, 6.07) is 8.60. The lowest BCUT2D eigenvalue weighted by Crippen LogP contribution is -2.47. The van der Waals surface area contributed by atoms with Gasteiger partial charge >= 0.3 is 6.09 Å². The Hall–Kier alpha value is -2.40. The van der Waals surface area contributed by atoms with E-state index in [1.807, 2.05) is 12.1 Å². The van der Waals surface area contributed by atoms with Crippen LogP contribution in [-0.2, 0) is 11.8 Å². The predicted molar refractivity (Wildman–Crippen MR) is 124 cm³/mol. The summed E-state index contributed by atoms with van der Waals surface area (Å²) < 4.78 is 5.36. The number of methoxy groups -OCH3 is 1. The van der Waals surface area contributed by atoms with Crippen LogP contribution in [0.2, 0.25) is 5.02 Å². The summed E-state index contributed by atoms with van der Waals surface area (Å²) in [6.07, 6.45) is 1.09. The molecular weight excluding hydrogens is 412 g/mol. The van der Waals surface area contributed by atoms with Crippen LogP contribution < -0.4 is 9.64 Å². The van der Waals surface area contributed by atoms with Crippen molar-refractivity contribution in [3.8, 4) is 16.9 Å². The van der Waals surface area contributed by atoms with Crippen molar-refractivity contribution < 1.29 is 14.6 Å². The molecule has 31 heavy (non-hydrogen) atoms. The zero-order valence-electron chi connectivity index (χ0n) is 18.5. The molecule has 1 saturated heterocycles. The van der Waals surface area contributed by atoms with Crippen molar-refractivity contribution in [3.05, 3.63) is 46.0 Å². The third-order valence-electron chi connectivity index (χ3n) is 7.16. The summed E-state index contributed by atoms with van der Waals surface area (Å²) in [4.78, 5) is 15.9. The number of halogens is 1. The lowest BCUT2D eigenvalue weighted by atomic mass is 9.73. The van der Waals surface area contributed by atoms with Crippen LogP contribution in [0.1, 0.15) is 49.8 Å². The van der Waals surface area contributed by atoms with Gasteiger partial charge in [0.15, 0.2) is 0 Å². The topological polar surface area (TPSA) is 53.0 Å². The highest BCUT2D eigenvalue weighted by Crippen LogP contribution is 2.55. The van der Waals surface area contributed by atoms with Crippen molar-refractivity contribution in [2.24, 2.45) is 0 Å². The van der Waals surface area contributed by atoms with Crippen molar-refractivity contribution in [1.82, 2.24) is 4.90 Å². The zero-order valence-corrected chi connectivity index (χ0v) is 19.3. The van der Waals surface area contributed by atoms with Crippen molar-refractivity contribution in [3.63, 3.8) is 0 Å². The molecule has 2 aromatic carbocycles. The maximum Gasteiger partial charge on any atom is 0.407 e. The van der Waals surface area contributed by atoms with Gasteiger partial charge in [-0.15, -0.1) is 0 Å². The number of fused-ring (bicyclic) bond motifs is 3. The van der Waals surface area contributed by atoms with Crippen LogP contribution in [0.5, 0.6) is 5.75 Å². The lowest BCUT2D eigenvalue weighted by Gasteiger charge is -2.38. The minimum absolute atomic E-state index is 0.113. The number of rotatable bonds is 2. The molecule has 3 aliphatic heterocycles. The Balaban J connectivity index is 1.75. The number of carbonyl (C=O) groups is 1. The smallest absolute Gasteiger partial charge is 0.407 e. The lowest BCUT2D eigenvalue weighted by molar-refractivity contribution is 0.127. The van der Waals surface area contributed by atoms with E-state index in [4.69, 9.17) is 16.3 Å². The van der Waals surface area contributed by atoms with Crippen molar-refractivity contribution in [2.45, 2.75) is 51.0 Å². The van der Waals surface area contributed by atoms with Gasteiger partial charge in [0, 0.05) is 42.8 Å². The van der Waals surface area contributed by atoms with E-state index < -0.39 is 6.09 Å². The molecule has 1 amide bonds. The second kappa shape index (κ2) is 7.06. The average molecular weight is 441 g/mol. The van der Waals surface area contributed by atoms with E-state index in [1.54, 1.807) is 12.0 Å². The molecule has 0 radical (unpaired) electrons. The Morgan fingerprint density at radius 3 is 2.61 bits per heavy atom. The Labute approximate surface area is 188 Å². The highest BCUT2D eigenvalue weighted by molar-refractivity contribution is 6.33. The van der Waals surface area contributed by atoms with E-state index >= 15 is 0 Å². The normalized spacial score (nSPS) is 21.8. The fraction of sp³-hybridized carbons (Fsp3) is 0.480. The highest BCUT2D eigenvalue weighted by atomic mass is 35.5. The van der Waals surface area contributed by atoms with Crippen LogP contribution in [0.25, 0.3) is 11.1 Å². The zero-order chi connectivity index (χ0) is 22.1. The Morgan fingerprint density at radius 1 is 1.19 bits per heavy atom. The molecule has 0 spiro atoms. The number of ether oxygens (including phenoxy) is 1. The van der Waals surface area contributed by atoms with Gasteiger partial charge in [-0.2, -0.15) is 0 Å². The van der Waals surface area contributed by atoms with Crippen LogP contribution in [0.3, 0.4) is 0 Å². The number of nitrogens with zero attached hydrogens (tertiary/aromatic N) is 2. The molecule has 0 unspecified atom stereocenters. The standard InChI is InChI=1S/C25H29ClN2O3/c1-25(2,3)22-17(16-6-5-15(31-4)12-19(16)26)11-14-7-10-28-20-8-9-27(24(29)30)13-18(20)21(22)23(14)28/h5-6,11-12,18,20H,7-10,13H2,1-4H3,(H,29,30)/t18-,20+/m1/s1. The molecule has 6 heteroatoms. The summed E-state index contributed by atoms with van der Waals surface area (Å²) in [6.45, 7) is 8.92. The third-order valence-corrected chi connectivity index (χ3v) is 7.47. The monoisotopic (exact) mass is 440 g/mol. The van der Waals surface area contributed by atoms with Crippen molar-refractivity contribution >= 4 is 23.4 Å². The van der Waals surface area contributed by atoms with Crippen LogP contribution in [-0.4, -0.2) is 48.9 Å². The maximum absolute atomic E-state index is 11.8. The van der Waals surface area contributed by atoms with Gasteiger partial charge in [-0.25, -0.2) is 4.79 Å². The number of anilines is 1. The van der Waals surface area contributed by atoms with Gasteiger partial charge in [-0.1, -0.05) is 32.4 Å². The van der Waals surface area contributed by atoms with Gasteiger partial charge in [-0.3, -0.25) is 0 Å². The van der Waals surface area contributed by atoms with Crippen LogP contribution >= 0.6 is 11.6 Å². The van der Waals surface area contributed by atoms with E-state index in [0.717, 1.165) is 30.7 Å². The van der Waals surface area contributed by atoms with Gasteiger partial charge in [0.05, 0.1) is 12.1 Å². The summed E-state index contributed by atoms with van der Waals surface area (Å²) >= 11 is 6.75. The molecule has 3 aliphatic rings. The number of amides is 1. The van der Waals surface area contributed by atoms with Gasteiger partial charge in [0.2, 0.25) is 0 Å². The predicted octanol–water partition coefficient (Wildman–Crippen LogP) is 5.53. The van der Waals surface area contributed by atoms with Gasteiger partial charge in [0.1, 0.15) is 5.75 Å². The van der Waals surface area contributed by atoms with Crippen molar-refractivity contribution in [2.75, 3.05) is 31.6 Å². The van der Waals surface area contributed by atoms with Gasteiger partial charge in [-0.05, 0) is 64.8 Å². The summed E-state index contributed by atoms with van der Waals surface area (Å²) in [5, 5.41) is 10.3. The molecule has 164 valence electrons. The number of likely N-dealkylation sites (tertiary alicyclic amines) is 1. The molecule has 2 atom stereocenters. The summed E-state index contributed by atoms with van der Waals surface area (Å²) in [5.74, 6) is 0.942. The second-order valence-electron chi connectivity index (χ2n) is 9.95. The number of carboxylic acid groups (broad SMARTS) is 1. The Kier molecular flexibility index (Phi) is 4.67. The maximum atomic E-state index is 11.8. The quantitative estimate of drug-likeness (QED) is 0.667.